The maximum absolute atomic E-state index is 13.0. The predicted octanol–water partition coefficient (Wildman–Crippen LogP) is 2.56. The standard InChI is InChI=1S/C19H19FN2O5S/c20-15-4-6-16(7-5-15)21-18(23)14-2-1-3-17(12-14)28(26,27)22-10-8-13(9-11-22)19(24)25/h1-7,12-13H,8-11H2,(H,21,23)(H,24,25). The van der Waals surface area contributed by atoms with Gasteiger partial charge in [0.25, 0.3) is 5.91 Å². The third-order valence-electron chi connectivity index (χ3n) is 4.64. The number of anilines is 1. The van der Waals surface area contributed by atoms with Gasteiger partial charge in [0, 0.05) is 24.3 Å². The van der Waals surface area contributed by atoms with E-state index in [9.17, 15) is 22.4 Å². The Labute approximate surface area is 161 Å². The number of benzene rings is 2. The van der Waals surface area contributed by atoms with Crippen molar-refractivity contribution in [2.75, 3.05) is 18.4 Å². The SMILES string of the molecule is O=C(Nc1ccc(F)cc1)c1cccc(S(=O)(=O)N2CCC(C(=O)O)CC2)c1. The Hall–Kier alpha value is -2.78. The van der Waals surface area contributed by atoms with Gasteiger partial charge in [-0.1, -0.05) is 6.07 Å². The molecule has 2 aromatic rings. The topological polar surface area (TPSA) is 104 Å². The van der Waals surface area contributed by atoms with Crippen molar-refractivity contribution in [2.45, 2.75) is 17.7 Å². The third-order valence-corrected chi connectivity index (χ3v) is 6.53. The van der Waals surface area contributed by atoms with Crippen LogP contribution in [0.5, 0.6) is 0 Å². The highest BCUT2D eigenvalue weighted by molar-refractivity contribution is 7.89. The number of aliphatic carboxylic acids is 1. The van der Waals surface area contributed by atoms with Crippen LogP contribution in [-0.2, 0) is 14.8 Å². The number of hydrogen-bond acceptors (Lipinski definition) is 4. The summed E-state index contributed by atoms with van der Waals surface area (Å²) in [6.45, 7) is 0.233. The average molecular weight is 406 g/mol. The Morgan fingerprint density at radius 3 is 2.32 bits per heavy atom. The summed E-state index contributed by atoms with van der Waals surface area (Å²) in [6.07, 6.45) is 0.499. The van der Waals surface area contributed by atoms with Crippen LogP contribution in [0.4, 0.5) is 10.1 Å². The molecule has 1 amide bonds. The minimum atomic E-state index is -3.83. The lowest BCUT2D eigenvalue weighted by molar-refractivity contribution is -0.142. The Morgan fingerprint density at radius 1 is 1.07 bits per heavy atom. The van der Waals surface area contributed by atoms with E-state index in [-0.39, 0.29) is 36.4 Å². The van der Waals surface area contributed by atoms with E-state index in [2.05, 4.69) is 5.32 Å². The fourth-order valence-corrected chi connectivity index (χ4v) is 4.54. The summed E-state index contributed by atoms with van der Waals surface area (Å²) in [6, 6.07) is 10.8. The number of amides is 1. The molecule has 0 spiro atoms. The summed E-state index contributed by atoms with van der Waals surface area (Å²) < 4.78 is 39.9. The first-order valence-corrected chi connectivity index (χ1v) is 10.1. The van der Waals surface area contributed by atoms with Gasteiger partial charge in [-0.25, -0.2) is 12.8 Å². The third kappa shape index (κ3) is 4.37. The van der Waals surface area contributed by atoms with Crippen molar-refractivity contribution in [3.05, 3.63) is 59.9 Å². The van der Waals surface area contributed by atoms with E-state index >= 15 is 0 Å². The van der Waals surface area contributed by atoms with Crippen molar-refractivity contribution in [3.63, 3.8) is 0 Å². The highest BCUT2D eigenvalue weighted by Gasteiger charge is 2.32. The molecule has 0 aliphatic carbocycles. The van der Waals surface area contributed by atoms with Crippen molar-refractivity contribution >= 4 is 27.6 Å². The number of hydrogen-bond donors (Lipinski definition) is 2. The zero-order valence-corrected chi connectivity index (χ0v) is 15.7. The van der Waals surface area contributed by atoms with Crippen molar-refractivity contribution in [1.82, 2.24) is 4.31 Å². The van der Waals surface area contributed by atoms with Crippen LogP contribution in [0.3, 0.4) is 0 Å². The molecule has 28 heavy (non-hydrogen) atoms. The summed E-state index contributed by atoms with van der Waals surface area (Å²) in [5.74, 6) is -2.42. The van der Waals surface area contributed by atoms with Crippen LogP contribution in [0.1, 0.15) is 23.2 Å². The molecule has 3 rings (SSSR count). The number of halogens is 1. The second-order valence-electron chi connectivity index (χ2n) is 6.51. The van der Waals surface area contributed by atoms with Gasteiger partial charge in [0.15, 0.2) is 0 Å². The van der Waals surface area contributed by atoms with Crippen molar-refractivity contribution < 1.29 is 27.5 Å². The fourth-order valence-electron chi connectivity index (χ4n) is 3.03. The van der Waals surface area contributed by atoms with Gasteiger partial charge >= 0.3 is 5.97 Å². The zero-order chi connectivity index (χ0) is 20.3. The maximum atomic E-state index is 13.0. The minimum Gasteiger partial charge on any atom is -0.481 e. The van der Waals surface area contributed by atoms with Gasteiger partial charge in [0.05, 0.1) is 10.8 Å². The minimum absolute atomic E-state index is 0.0342. The predicted molar refractivity (Wildman–Crippen MR) is 99.9 cm³/mol. The van der Waals surface area contributed by atoms with Crippen LogP contribution < -0.4 is 5.32 Å². The molecule has 0 unspecified atom stereocenters. The Balaban J connectivity index is 1.75. The molecule has 1 saturated heterocycles. The van der Waals surface area contributed by atoms with Gasteiger partial charge in [-0.05, 0) is 55.3 Å². The number of carboxylic acids is 1. The Kier molecular flexibility index (Phi) is 5.76. The molecule has 0 aromatic heterocycles. The molecule has 1 aliphatic rings. The van der Waals surface area contributed by atoms with E-state index < -0.39 is 33.6 Å². The van der Waals surface area contributed by atoms with Gasteiger partial charge in [0.1, 0.15) is 5.82 Å². The lowest BCUT2D eigenvalue weighted by atomic mass is 9.99. The van der Waals surface area contributed by atoms with E-state index in [0.717, 1.165) is 0 Å². The molecule has 1 aliphatic heterocycles. The molecule has 2 aromatic carbocycles. The van der Waals surface area contributed by atoms with Crippen LogP contribution in [0.25, 0.3) is 0 Å². The van der Waals surface area contributed by atoms with Crippen molar-refractivity contribution in [1.29, 1.82) is 0 Å². The van der Waals surface area contributed by atoms with E-state index in [4.69, 9.17) is 5.11 Å². The molecular weight excluding hydrogens is 387 g/mol. The van der Waals surface area contributed by atoms with Gasteiger partial charge in [-0.15, -0.1) is 0 Å². The van der Waals surface area contributed by atoms with E-state index in [1.54, 1.807) is 0 Å². The number of piperidine rings is 1. The normalized spacial score (nSPS) is 15.9. The summed E-state index contributed by atoms with van der Waals surface area (Å²) in [4.78, 5) is 23.4. The molecule has 1 fully saturated rings. The number of sulfonamides is 1. The van der Waals surface area contributed by atoms with Crippen molar-refractivity contribution in [2.24, 2.45) is 5.92 Å². The lowest BCUT2D eigenvalue weighted by Crippen LogP contribution is -2.40. The molecule has 148 valence electrons. The van der Waals surface area contributed by atoms with Crippen LogP contribution in [0.15, 0.2) is 53.4 Å². The van der Waals surface area contributed by atoms with Crippen molar-refractivity contribution in [3.8, 4) is 0 Å². The smallest absolute Gasteiger partial charge is 0.306 e. The number of carbonyl (C=O) groups excluding carboxylic acids is 1. The van der Waals surface area contributed by atoms with Crippen LogP contribution in [0.2, 0.25) is 0 Å². The quantitative estimate of drug-likeness (QED) is 0.794. The number of nitrogens with one attached hydrogen (secondary N) is 1. The van der Waals surface area contributed by atoms with E-state index in [1.165, 1.54) is 52.8 Å². The molecular formula is C19H19FN2O5S. The Morgan fingerprint density at radius 2 is 1.71 bits per heavy atom. The number of rotatable bonds is 5. The number of nitrogens with zero attached hydrogens (tertiary/aromatic N) is 1. The second-order valence-corrected chi connectivity index (χ2v) is 8.44. The fraction of sp³-hybridized carbons (Fsp3) is 0.263. The number of carbonyl (C=O) groups is 2. The lowest BCUT2D eigenvalue weighted by Gasteiger charge is -2.29. The summed E-state index contributed by atoms with van der Waals surface area (Å²) >= 11 is 0. The highest BCUT2D eigenvalue weighted by atomic mass is 32.2. The maximum Gasteiger partial charge on any atom is 0.306 e. The van der Waals surface area contributed by atoms with Gasteiger partial charge in [0.2, 0.25) is 10.0 Å². The van der Waals surface area contributed by atoms with Crippen LogP contribution in [-0.4, -0.2) is 42.8 Å². The summed E-state index contributed by atoms with van der Waals surface area (Å²) in [5, 5.41) is 11.6. The molecule has 2 N–H and O–H groups in total. The average Bonchev–Trinajstić information content (AvgIpc) is 2.70. The van der Waals surface area contributed by atoms with E-state index in [0.29, 0.717) is 5.69 Å². The molecule has 9 heteroatoms. The van der Waals surface area contributed by atoms with Gasteiger partial charge < -0.3 is 10.4 Å². The summed E-state index contributed by atoms with van der Waals surface area (Å²) in [7, 11) is -3.83. The Bertz CT molecular complexity index is 984. The monoisotopic (exact) mass is 406 g/mol. The second kappa shape index (κ2) is 8.07. The van der Waals surface area contributed by atoms with Gasteiger partial charge in [-0.2, -0.15) is 4.31 Å². The molecule has 1 heterocycles. The molecule has 0 radical (unpaired) electrons. The van der Waals surface area contributed by atoms with Gasteiger partial charge in [-0.3, -0.25) is 9.59 Å². The number of carboxylic acid groups (broad SMARTS) is 1. The summed E-state index contributed by atoms with van der Waals surface area (Å²) in [5.41, 5.74) is 0.529. The largest absolute Gasteiger partial charge is 0.481 e. The van der Waals surface area contributed by atoms with Crippen LogP contribution in [0, 0.1) is 11.7 Å². The van der Waals surface area contributed by atoms with E-state index in [1.807, 2.05) is 0 Å². The first-order chi connectivity index (χ1) is 13.3. The highest BCUT2D eigenvalue weighted by Crippen LogP contribution is 2.24. The zero-order valence-electron chi connectivity index (χ0n) is 14.8. The molecule has 7 nitrogen and oxygen atoms in total. The molecule has 0 atom stereocenters. The van der Waals surface area contributed by atoms with Crippen LogP contribution >= 0.6 is 0 Å². The molecule has 0 saturated carbocycles. The first-order valence-electron chi connectivity index (χ1n) is 8.67. The first kappa shape index (κ1) is 20.0. The molecule has 0 bridgehead atoms.